The maximum absolute atomic E-state index is 12.2. The summed E-state index contributed by atoms with van der Waals surface area (Å²) in [6, 6.07) is 0. The van der Waals surface area contributed by atoms with E-state index in [1.807, 2.05) is 20.8 Å². The van der Waals surface area contributed by atoms with Gasteiger partial charge in [0.2, 0.25) is 0 Å². The van der Waals surface area contributed by atoms with Crippen LogP contribution in [-0.4, -0.2) is 40.8 Å². The van der Waals surface area contributed by atoms with E-state index in [1.54, 1.807) is 4.90 Å². The smallest absolute Gasteiger partial charge is 0.410 e. The molecule has 0 spiro atoms. The molecule has 1 aliphatic carbocycles. The molecule has 2 aliphatic rings. The Morgan fingerprint density at radius 3 is 2.55 bits per heavy atom. The van der Waals surface area contributed by atoms with Crippen LogP contribution < -0.4 is 0 Å². The second-order valence-electron chi connectivity index (χ2n) is 7.09. The molecule has 2 rings (SSSR count). The molecule has 2 atom stereocenters. The van der Waals surface area contributed by atoms with Gasteiger partial charge in [-0.25, -0.2) is 4.79 Å². The van der Waals surface area contributed by atoms with Crippen molar-refractivity contribution in [2.75, 3.05) is 13.1 Å². The number of piperidine rings is 1. The summed E-state index contributed by atoms with van der Waals surface area (Å²) in [4.78, 5) is 25.5. The highest BCUT2D eigenvalue weighted by molar-refractivity contribution is 5.77. The highest BCUT2D eigenvalue weighted by Crippen LogP contribution is 2.46. The first-order valence-electron chi connectivity index (χ1n) is 7.46. The zero-order chi connectivity index (χ0) is 15.0. The van der Waals surface area contributed by atoms with E-state index in [2.05, 4.69) is 0 Å². The van der Waals surface area contributed by atoms with Crippen LogP contribution in [0, 0.1) is 11.3 Å². The number of nitrogens with zero attached hydrogens (tertiary/aromatic N) is 1. The number of aliphatic carboxylic acids is 1. The fraction of sp³-hybridized carbons (Fsp3) is 0.867. The lowest BCUT2D eigenvalue weighted by atomic mass is 9.63. The molecule has 0 radical (unpaired) electrons. The Hall–Kier alpha value is -1.26. The van der Waals surface area contributed by atoms with Gasteiger partial charge in [-0.3, -0.25) is 4.79 Å². The molecule has 1 saturated carbocycles. The van der Waals surface area contributed by atoms with Gasteiger partial charge >= 0.3 is 12.1 Å². The van der Waals surface area contributed by atoms with Crippen LogP contribution in [0.15, 0.2) is 0 Å². The molecule has 0 aromatic heterocycles. The van der Waals surface area contributed by atoms with Crippen molar-refractivity contribution >= 4 is 12.1 Å². The van der Waals surface area contributed by atoms with E-state index in [0.29, 0.717) is 19.5 Å². The quantitative estimate of drug-likeness (QED) is 0.803. The van der Waals surface area contributed by atoms with E-state index >= 15 is 0 Å². The van der Waals surface area contributed by atoms with E-state index in [-0.39, 0.29) is 12.0 Å². The fourth-order valence-electron chi connectivity index (χ4n) is 3.50. The number of carbonyl (C=O) groups excluding carboxylic acids is 1. The third-order valence-electron chi connectivity index (χ3n) is 4.51. The van der Waals surface area contributed by atoms with Crippen molar-refractivity contribution in [3.8, 4) is 0 Å². The van der Waals surface area contributed by atoms with Gasteiger partial charge in [0.25, 0.3) is 0 Å². The van der Waals surface area contributed by atoms with Crippen molar-refractivity contribution in [2.45, 2.75) is 58.5 Å². The SMILES string of the molecule is CC(C)(C)OC(=O)N1CCC2CCCCC2(C(=O)O)C1. The van der Waals surface area contributed by atoms with Crippen molar-refractivity contribution in [1.29, 1.82) is 0 Å². The minimum atomic E-state index is -0.757. The molecule has 0 aromatic rings. The van der Waals surface area contributed by atoms with Crippen LogP contribution in [-0.2, 0) is 9.53 Å². The molecule has 1 aliphatic heterocycles. The fourth-order valence-corrected chi connectivity index (χ4v) is 3.50. The Balaban J connectivity index is 2.12. The normalized spacial score (nSPS) is 30.6. The second kappa shape index (κ2) is 5.26. The molecular formula is C15H25NO4. The molecule has 0 bridgehead atoms. The monoisotopic (exact) mass is 283 g/mol. The Morgan fingerprint density at radius 1 is 1.25 bits per heavy atom. The molecule has 1 amide bonds. The summed E-state index contributed by atoms with van der Waals surface area (Å²) in [5.74, 6) is -0.553. The number of hydrogen-bond donors (Lipinski definition) is 1. The van der Waals surface area contributed by atoms with Crippen LogP contribution in [0.1, 0.15) is 52.9 Å². The first-order chi connectivity index (χ1) is 9.24. The first-order valence-corrected chi connectivity index (χ1v) is 7.46. The molecule has 1 saturated heterocycles. The average molecular weight is 283 g/mol. The maximum Gasteiger partial charge on any atom is 0.410 e. The van der Waals surface area contributed by atoms with E-state index in [1.165, 1.54) is 0 Å². The van der Waals surface area contributed by atoms with Gasteiger partial charge in [-0.15, -0.1) is 0 Å². The number of carboxylic acids is 1. The van der Waals surface area contributed by atoms with Gasteiger partial charge in [-0.05, 0) is 46.0 Å². The van der Waals surface area contributed by atoms with Gasteiger partial charge in [-0.1, -0.05) is 12.8 Å². The molecule has 20 heavy (non-hydrogen) atoms. The molecule has 1 heterocycles. The third-order valence-corrected chi connectivity index (χ3v) is 4.51. The second-order valence-corrected chi connectivity index (χ2v) is 7.09. The lowest BCUT2D eigenvalue weighted by Gasteiger charge is -2.48. The number of rotatable bonds is 1. The summed E-state index contributed by atoms with van der Waals surface area (Å²) in [5.41, 5.74) is -1.30. The summed E-state index contributed by atoms with van der Waals surface area (Å²) >= 11 is 0. The van der Waals surface area contributed by atoms with E-state index < -0.39 is 17.0 Å². The number of likely N-dealkylation sites (tertiary alicyclic amines) is 1. The average Bonchev–Trinajstić information content (AvgIpc) is 2.35. The van der Waals surface area contributed by atoms with Crippen molar-refractivity contribution in [1.82, 2.24) is 4.90 Å². The minimum absolute atomic E-state index is 0.201. The summed E-state index contributed by atoms with van der Waals surface area (Å²) in [7, 11) is 0. The van der Waals surface area contributed by atoms with E-state index in [9.17, 15) is 14.7 Å². The van der Waals surface area contributed by atoms with Crippen LogP contribution in [0.25, 0.3) is 0 Å². The first kappa shape index (κ1) is 15.1. The van der Waals surface area contributed by atoms with Crippen molar-refractivity contribution in [3.63, 3.8) is 0 Å². The Labute approximate surface area is 120 Å². The van der Waals surface area contributed by atoms with E-state index in [0.717, 1.165) is 25.7 Å². The number of amides is 1. The summed E-state index contributed by atoms with van der Waals surface area (Å²) in [6.07, 6.45) is 4.06. The van der Waals surface area contributed by atoms with Crippen LogP contribution in [0.4, 0.5) is 4.79 Å². The third kappa shape index (κ3) is 2.91. The highest BCUT2D eigenvalue weighted by atomic mass is 16.6. The van der Waals surface area contributed by atoms with Gasteiger partial charge in [-0.2, -0.15) is 0 Å². The standard InChI is InChI=1S/C15H25NO4/c1-14(2,3)20-13(19)16-9-7-11-6-4-5-8-15(11,10-16)12(17)18/h11H,4-10H2,1-3H3,(H,17,18). The number of carboxylic acid groups (broad SMARTS) is 1. The van der Waals surface area contributed by atoms with Crippen LogP contribution in [0.2, 0.25) is 0 Å². The topological polar surface area (TPSA) is 66.8 Å². The lowest BCUT2D eigenvalue weighted by molar-refractivity contribution is -0.160. The van der Waals surface area contributed by atoms with Gasteiger partial charge in [0.05, 0.1) is 5.41 Å². The van der Waals surface area contributed by atoms with Crippen LogP contribution in [0.5, 0.6) is 0 Å². The number of ether oxygens (including phenoxy) is 1. The molecule has 1 N–H and O–H groups in total. The number of fused-ring (bicyclic) bond motifs is 1. The zero-order valence-electron chi connectivity index (χ0n) is 12.6. The highest BCUT2D eigenvalue weighted by Gasteiger charge is 2.51. The minimum Gasteiger partial charge on any atom is -0.481 e. The summed E-state index contributed by atoms with van der Waals surface area (Å²) in [5, 5.41) is 9.68. The summed E-state index contributed by atoms with van der Waals surface area (Å²) < 4.78 is 5.38. The Kier molecular flexibility index (Phi) is 3.98. The molecule has 0 aromatic carbocycles. The summed E-state index contributed by atoms with van der Waals surface area (Å²) in [6.45, 7) is 6.37. The van der Waals surface area contributed by atoms with Crippen LogP contribution in [0.3, 0.4) is 0 Å². The Morgan fingerprint density at radius 2 is 1.95 bits per heavy atom. The van der Waals surface area contributed by atoms with E-state index in [4.69, 9.17) is 4.74 Å². The number of carbonyl (C=O) groups is 2. The lowest BCUT2D eigenvalue weighted by Crippen LogP contribution is -2.56. The molecule has 2 fully saturated rings. The predicted octanol–water partition coefficient (Wildman–Crippen LogP) is 2.89. The molecule has 114 valence electrons. The van der Waals surface area contributed by atoms with Gasteiger partial charge < -0.3 is 14.7 Å². The molecular weight excluding hydrogens is 258 g/mol. The largest absolute Gasteiger partial charge is 0.481 e. The maximum atomic E-state index is 12.2. The molecule has 2 unspecified atom stereocenters. The predicted molar refractivity (Wildman–Crippen MR) is 74.5 cm³/mol. The van der Waals surface area contributed by atoms with Gasteiger partial charge in [0.1, 0.15) is 5.60 Å². The number of hydrogen-bond acceptors (Lipinski definition) is 3. The Bertz CT molecular complexity index is 401. The van der Waals surface area contributed by atoms with Gasteiger partial charge in [0, 0.05) is 13.1 Å². The van der Waals surface area contributed by atoms with Gasteiger partial charge in [0.15, 0.2) is 0 Å². The van der Waals surface area contributed by atoms with Crippen molar-refractivity contribution in [2.24, 2.45) is 11.3 Å². The zero-order valence-corrected chi connectivity index (χ0v) is 12.6. The molecule has 5 nitrogen and oxygen atoms in total. The van der Waals surface area contributed by atoms with Crippen LogP contribution >= 0.6 is 0 Å². The van der Waals surface area contributed by atoms with Crippen molar-refractivity contribution < 1.29 is 19.4 Å². The molecule has 5 heteroatoms. The van der Waals surface area contributed by atoms with Crippen molar-refractivity contribution in [3.05, 3.63) is 0 Å².